The highest BCUT2D eigenvalue weighted by molar-refractivity contribution is 9.10. The second-order valence-electron chi connectivity index (χ2n) is 5.52. The Morgan fingerprint density at radius 2 is 1.85 bits per heavy atom. The van der Waals surface area contributed by atoms with E-state index in [4.69, 9.17) is 23.2 Å². The van der Waals surface area contributed by atoms with E-state index in [0.717, 1.165) is 0 Å². The predicted octanol–water partition coefficient (Wildman–Crippen LogP) is 4.37. The number of amides is 1. The number of carbonyl (C=O) groups excluding carboxylic acids is 1. The van der Waals surface area contributed by atoms with Crippen molar-refractivity contribution in [1.29, 1.82) is 0 Å². The van der Waals surface area contributed by atoms with Crippen LogP contribution in [0.3, 0.4) is 0 Å². The maximum absolute atomic E-state index is 12.5. The normalized spacial score (nSPS) is 11.4. The van der Waals surface area contributed by atoms with E-state index in [-0.39, 0.29) is 15.6 Å². The molecule has 1 N–H and O–H groups in total. The predicted molar refractivity (Wildman–Crippen MR) is 107 cm³/mol. The first-order valence-electron chi connectivity index (χ1n) is 7.53. The van der Waals surface area contributed by atoms with Gasteiger partial charge in [0.05, 0.1) is 15.7 Å². The standard InChI is InChI=1S/C17H12BrCl2N3O3S/c1-10-9-13(21-23(10)14-7-4-6-12(19)16(14)20)17(24)22-27(25,26)15-8-3-2-5-11(15)18/h2-9H,1H3,(H,22,24). The fourth-order valence-electron chi connectivity index (χ4n) is 2.38. The Morgan fingerprint density at radius 1 is 1.15 bits per heavy atom. The summed E-state index contributed by atoms with van der Waals surface area (Å²) in [6, 6.07) is 12.7. The highest BCUT2D eigenvalue weighted by atomic mass is 79.9. The van der Waals surface area contributed by atoms with E-state index in [1.54, 1.807) is 43.3 Å². The van der Waals surface area contributed by atoms with Gasteiger partial charge in [-0.15, -0.1) is 0 Å². The lowest BCUT2D eigenvalue weighted by molar-refractivity contribution is 0.0976. The first-order chi connectivity index (χ1) is 12.7. The maximum Gasteiger partial charge on any atom is 0.285 e. The van der Waals surface area contributed by atoms with E-state index in [1.807, 2.05) is 4.72 Å². The SMILES string of the molecule is Cc1cc(C(=O)NS(=O)(=O)c2ccccc2Br)nn1-c1cccc(Cl)c1Cl. The third-order valence-electron chi connectivity index (χ3n) is 3.63. The van der Waals surface area contributed by atoms with Crippen LogP contribution in [0.25, 0.3) is 5.69 Å². The smallest absolute Gasteiger partial charge is 0.266 e. The number of nitrogens with one attached hydrogen (secondary N) is 1. The Morgan fingerprint density at radius 3 is 2.56 bits per heavy atom. The van der Waals surface area contributed by atoms with Gasteiger partial charge < -0.3 is 0 Å². The van der Waals surface area contributed by atoms with Gasteiger partial charge in [-0.3, -0.25) is 4.79 Å². The molecule has 1 heterocycles. The Kier molecular flexibility index (Phi) is 5.62. The number of aryl methyl sites for hydroxylation is 1. The molecular weight excluding hydrogens is 477 g/mol. The first-order valence-corrected chi connectivity index (χ1v) is 10.6. The van der Waals surface area contributed by atoms with Gasteiger partial charge in [-0.25, -0.2) is 17.8 Å². The van der Waals surface area contributed by atoms with Crippen molar-refractivity contribution in [3.05, 3.63) is 74.4 Å². The van der Waals surface area contributed by atoms with Gasteiger partial charge in [0.25, 0.3) is 15.9 Å². The molecule has 3 rings (SSSR count). The van der Waals surface area contributed by atoms with E-state index in [2.05, 4.69) is 21.0 Å². The Hall–Kier alpha value is -1.87. The molecule has 3 aromatic rings. The van der Waals surface area contributed by atoms with Crippen LogP contribution in [-0.4, -0.2) is 24.1 Å². The zero-order valence-electron chi connectivity index (χ0n) is 13.8. The summed E-state index contributed by atoms with van der Waals surface area (Å²) in [5.74, 6) is -0.856. The average molecular weight is 489 g/mol. The molecule has 10 heteroatoms. The van der Waals surface area contributed by atoms with E-state index < -0.39 is 15.9 Å². The topological polar surface area (TPSA) is 81.1 Å². The fraction of sp³-hybridized carbons (Fsp3) is 0.0588. The Balaban J connectivity index is 1.93. The molecule has 0 radical (unpaired) electrons. The third kappa shape index (κ3) is 4.03. The molecule has 1 amide bonds. The zero-order valence-corrected chi connectivity index (χ0v) is 17.7. The van der Waals surface area contributed by atoms with Gasteiger partial charge in [0.15, 0.2) is 5.69 Å². The minimum atomic E-state index is -4.06. The molecular formula is C17H12BrCl2N3O3S. The molecule has 0 aliphatic heterocycles. The lowest BCUT2D eigenvalue weighted by Crippen LogP contribution is -2.31. The van der Waals surface area contributed by atoms with Gasteiger partial charge in [0.1, 0.15) is 4.90 Å². The number of benzene rings is 2. The Bertz CT molecular complexity index is 1150. The van der Waals surface area contributed by atoms with Crippen molar-refractivity contribution in [2.24, 2.45) is 0 Å². The molecule has 0 unspecified atom stereocenters. The molecule has 1 aromatic heterocycles. The molecule has 0 atom stereocenters. The number of hydrogen-bond acceptors (Lipinski definition) is 4. The summed E-state index contributed by atoms with van der Waals surface area (Å²) in [5, 5.41) is 4.78. The summed E-state index contributed by atoms with van der Waals surface area (Å²) < 4.78 is 28.7. The van der Waals surface area contributed by atoms with E-state index in [0.29, 0.717) is 20.9 Å². The molecule has 0 bridgehead atoms. The largest absolute Gasteiger partial charge is 0.285 e. The quantitative estimate of drug-likeness (QED) is 0.591. The van der Waals surface area contributed by atoms with Crippen LogP contribution in [0.5, 0.6) is 0 Å². The van der Waals surface area contributed by atoms with Crippen LogP contribution < -0.4 is 4.72 Å². The number of nitrogens with zero attached hydrogens (tertiary/aromatic N) is 2. The van der Waals surface area contributed by atoms with Crippen molar-refractivity contribution >= 4 is 55.1 Å². The van der Waals surface area contributed by atoms with Crippen LogP contribution in [-0.2, 0) is 10.0 Å². The molecule has 0 spiro atoms. The van der Waals surface area contributed by atoms with Crippen molar-refractivity contribution in [2.45, 2.75) is 11.8 Å². The molecule has 140 valence electrons. The molecule has 0 aliphatic rings. The average Bonchev–Trinajstić information content (AvgIpc) is 2.99. The summed E-state index contributed by atoms with van der Waals surface area (Å²) in [7, 11) is -4.06. The highest BCUT2D eigenvalue weighted by Crippen LogP contribution is 2.29. The van der Waals surface area contributed by atoms with Crippen LogP contribution in [0.1, 0.15) is 16.2 Å². The monoisotopic (exact) mass is 487 g/mol. The number of aromatic nitrogens is 2. The van der Waals surface area contributed by atoms with Gasteiger partial charge in [-0.05, 0) is 53.2 Å². The first kappa shape index (κ1) is 19.9. The summed E-state index contributed by atoms with van der Waals surface area (Å²) in [6.07, 6.45) is 0. The molecule has 2 aromatic carbocycles. The second-order valence-corrected chi connectivity index (χ2v) is 8.81. The minimum absolute atomic E-state index is 0.0487. The van der Waals surface area contributed by atoms with Crippen LogP contribution in [0.2, 0.25) is 10.0 Å². The Labute approximate surface area is 174 Å². The second kappa shape index (κ2) is 7.63. The maximum atomic E-state index is 12.5. The van der Waals surface area contributed by atoms with Gasteiger partial charge in [-0.1, -0.05) is 41.4 Å². The molecule has 0 aliphatic carbocycles. The van der Waals surface area contributed by atoms with Crippen LogP contribution >= 0.6 is 39.1 Å². The lowest BCUT2D eigenvalue weighted by atomic mass is 10.3. The van der Waals surface area contributed by atoms with E-state index >= 15 is 0 Å². The number of hydrogen-bond donors (Lipinski definition) is 1. The van der Waals surface area contributed by atoms with Crippen molar-refractivity contribution in [2.75, 3.05) is 0 Å². The van der Waals surface area contributed by atoms with Crippen molar-refractivity contribution in [3.63, 3.8) is 0 Å². The summed E-state index contributed by atoms with van der Waals surface area (Å²) in [5.41, 5.74) is 0.996. The van der Waals surface area contributed by atoms with Gasteiger partial charge in [0, 0.05) is 10.2 Å². The van der Waals surface area contributed by atoms with Crippen molar-refractivity contribution < 1.29 is 13.2 Å². The zero-order chi connectivity index (χ0) is 19.8. The number of carbonyl (C=O) groups is 1. The number of halogens is 3. The molecule has 0 saturated heterocycles. The van der Waals surface area contributed by atoms with E-state index in [9.17, 15) is 13.2 Å². The summed E-state index contributed by atoms with van der Waals surface area (Å²) in [6.45, 7) is 1.71. The fourth-order valence-corrected chi connectivity index (χ4v) is 4.72. The third-order valence-corrected chi connectivity index (χ3v) is 6.78. The van der Waals surface area contributed by atoms with E-state index in [1.165, 1.54) is 16.8 Å². The van der Waals surface area contributed by atoms with Crippen LogP contribution in [0.4, 0.5) is 0 Å². The molecule has 0 fully saturated rings. The van der Waals surface area contributed by atoms with Crippen LogP contribution in [0, 0.1) is 6.92 Å². The number of sulfonamides is 1. The minimum Gasteiger partial charge on any atom is -0.266 e. The van der Waals surface area contributed by atoms with Crippen LogP contribution in [0.15, 0.2) is 57.9 Å². The number of rotatable bonds is 4. The molecule has 0 saturated carbocycles. The van der Waals surface area contributed by atoms with Gasteiger partial charge in [0.2, 0.25) is 0 Å². The summed E-state index contributed by atoms with van der Waals surface area (Å²) in [4.78, 5) is 12.4. The van der Waals surface area contributed by atoms with Crippen molar-refractivity contribution in [1.82, 2.24) is 14.5 Å². The molecule has 6 nitrogen and oxygen atoms in total. The summed E-state index contributed by atoms with van der Waals surface area (Å²) >= 11 is 15.4. The highest BCUT2D eigenvalue weighted by Gasteiger charge is 2.23. The van der Waals surface area contributed by atoms with Gasteiger partial charge in [-0.2, -0.15) is 5.10 Å². The van der Waals surface area contributed by atoms with Gasteiger partial charge >= 0.3 is 0 Å². The van der Waals surface area contributed by atoms with Crippen molar-refractivity contribution in [3.8, 4) is 5.69 Å². The molecule has 27 heavy (non-hydrogen) atoms. The lowest BCUT2D eigenvalue weighted by Gasteiger charge is -2.08.